The van der Waals surface area contributed by atoms with E-state index in [0.29, 0.717) is 23.5 Å². The van der Waals surface area contributed by atoms with Crippen molar-refractivity contribution in [1.29, 1.82) is 0 Å². The van der Waals surface area contributed by atoms with Crippen LogP contribution in [-0.2, 0) is 4.79 Å². The van der Waals surface area contributed by atoms with Gasteiger partial charge >= 0.3 is 0 Å². The summed E-state index contributed by atoms with van der Waals surface area (Å²) in [7, 11) is 3.09. The Morgan fingerprint density at radius 1 is 1.03 bits per heavy atom. The van der Waals surface area contributed by atoms with Crippen LogP contribution in [0, 0.1) is 11.2 Å². The molecule has 8 heteroatoms. The number of methoxy groups -OCH3 is 2. The van der Waals surface area contributed by atoms with Gasteiger partial charge in [0.2, 0.25) is 0 Å². The SMILES string of the molecule is COc1cc(OC)cc(C(=O)CC23CC(NC(=O)COc4ccc(Cl)c(F)c4)(C2)C3)c1. The Kier molecular flexibility index (Phi) is 5.56. The van der Waals surface area contributed by atoms with Gasteiger partial charge in [-0.15, -0.1) is 0 Å². The maximum absolute atomic E-state index is 13.4. The maximum atomic E-state index is 13.4. The lowest BCUT2D eigenvalue weighted by atomic mass is 9.38. The second-order valence-corrected chi connectivity index (χ2v) is 8.83. The van der Waals surface area contributed by atoms with Crippen molar-refractivity contribution in [2.24, 2.45) is 5.41 Å². The number of rotatable bonds is 9. The van der Waals surface area contributed by atoms with Crippen molar-refractivity contribution in [3.05, 3.63) is 52.8 Å². The third kappa shape index (κ3) is 4.32. The van der Waals surface area contributed by atoms with Crippen LogP contribution in [0.25, 0.3) is 0 Å². The Hall–Kier alpha value is -2.80. The van der Waals surface area contributed by atoms with E-state index in [0.717, 1.165) is 25.3 Å². The number of nitrogens with one attached hydrogen (secondary N) is 1. The van der Waals surface area contributed by atoms with Crippen LogP contribution in [0.15, 0.2) is 36.4 Å². The molecule has 3 aliphatic carbocycles. The van der Waals surface area contributed by atoms with Gasteiger partial charge < -0.3 is 19.5 Å². The van der Waals surface area contributed by atoms with E-state index in [1.807, 2.05) is 0 Å². The number of Topliss-reactive ketones (excluding diaryl/α,β-unsaturated/α-hetero) is 1. The second kappa shape index (κ2) is 8.04. The summed E-state index contributed by atoms with van der Waals surface area (Å²) in [5.74, 6) is 0.552. The van der Waals surface area contributed by atoms with Crippen LogP contribution in [0.2, 0.25) is 5.02 Å². The van der Waals surface area contributed by atoms with Gasteiger partial charge in [-0.25, -0.2) is 4.39 Å². The van der Waals surface area contributed by atoms with Gasteiger partial charge in [0.05, 0.1) is 19.2 Å². The predicted molar refractivity (Wildman–Crippen MR) is 113 cm³/mol. The molecule has 3 fully saturated rings. The van der Waals surface area contributed by atoms with Crippen molar-refractivity contribution in [3.8, 4) is 17.2 Å². The number of carbonyl (C=O) groups is 2. The van der Waals surface area contributed by atoms with Gasteiger partial charge in [0.25, 0.3) is 5.91 Å². The zero-order valence-corrected chi connectivity index (χ0v) is 18.1. The van der Waals surface area contributed by atoms with E-state index in [1.54, 1.807) is 32.4 Å². The van der Waals surface area contributed by atoms with Gasteiger partial charge in [0.1, 0.15) is 23.1 Å². The molecule has 0 aromatic heterocycles. The fraction of sp³-hybridized carbons (Fsp3) is 0.391. The van der Waals surface area contributed by atoms with Gasteiger partial charge in [-0.05, 0) is 48.9 Å². The summed E-state index contributed by atoms with van der Waals surface area (Å²) < 4.78 is 29.3. The average Bonchev–Trinajstić information content (AvgIpc) is 2.71. The molecule has 0 atom stereocenters. The number of ether oxygens (including phenoxy) is 3. The number of halogens is 2. The second-order valence-electron chi connectivity index (χ2n) is 8.42. The minimum absolute atomic E-state index is 0.00194. The van der Waals surface area contributed by atoms with Crippen LogP contribution < -0.4 is 19.5 Å². The minimum atomic E-state index is -0.598. The van der Waals surface area contributed by atoms with Crippen LogP contribution in [0.1, 0.15) is 36.0 Å². The van der Waals surface area contributed by atoms with E-state index in [9.17, 15) is 14.0 Å². The zero-order chi connectivity index (χ0) is 22.2. The summed E-state index contributed by atoms with van der Waals surface area (Å²) >= 11 is 5.63. The third-order valence-corrected chi connectivity index (χ3v) is 6.32. The highest BCUT2D eigenvalue weighted by atomic mass is 35.5. The lowest BCUT2D eigenvalue weighted by Crippen LogP contribution is -2.75. The molecule has 0 heterocycles. The van der Waals surface area contributed by atoms with E-state index in [1.165, 1.54) is 12.1 Å². The first kappa shape index (κ1) is 21.4. The third-order valence-electron chi connectivity index (χ3n) is 6.01. The van der Waals surface area contributed by atoms with Crippen molar-refractivity contribution >= 4 is 23.3 Å². The molecule has 0 spiro atoms. The lowest BCUT2D eigenvalue weighted by molar-refractivity contribution is -0.164. The molecule has 3 saturated carbocycles. The number of ketones is 1. The van der Waals surface area contributed by atoms with Crippen molar-refractivity contribution in [2.45, 2.75) is 31.2 Å². The van der Waals surface area contributed by atoms with E-state index < -0.39 is 5.82 Å². The van der Waals surface area contributed by atoms with Gasteiger partial charge in [-0.1, -0.05) is 11.6 Å². The fourth-order valence-electron chi connectivity index (χ4n) is 4.78. The molecule has 6 nitrogen and oxygen atoms in total. The molecule has 2 aromatic carbocycles. The van der Waals surface area contributed by atoms with E-state index >= 15 is 0 Å². The van der Waals surface area contributed by atoms with Crippen LogP contribution >= 0.6 is 11.6 Å². The summed E-state index contributed by atoms with van der Waals surface area (Å²) in [4.78, 5) is 25.0. The van der Waals surface area contributed by atoms with Crippen LogP contribution in [-0.4, -0.2) is 38.1 Å². The fourth-order valence-corrected chi connectivity index (χ4v) is 4.89. The minimum Gasteiger partial charge on any atom is -0.497 e. The van der Waals surface area contributed by atoms with E-state index in [-0.39, 0.29) is 40.0 Å². The van der Waals surface area contributed by atoms with Crippen molar-refractivity contribution in [2.75, 3.05) is 20.8 Å². The molecular weight excluding hydrogens is 425 g/mol. The Morgan fingerprint density at radius 3 is 2.26 bits per heavy atom. The summed E-state index contributed by atoms with van der Waals surface area (Å²) in [5.41, 5.74) is 0.224. The maximum Gasteiger partial charge on any atom is 0.258 e. The normalized spacial score (nSPS) is 23.2. The molecular formula is C23H23ClFNO5. The molecule has 1 N–H and O–H groups in total. The Morgan fingerprint density at radius 2 is 1.68 bits per heavy atom. The molecule has 2 bridgehead atoms. The van der Waals surface area contributed by atoms with Crippen molar-refractivity contribution in [3.63, 3.8) is 0 Å². The number of benzene rings is 2. The van der Waals surface area contributed by atoms with Crippen LogP contribution in [0.4, 0.5) is 4.39 Å². The Labute approximate surface area is 184 Å². The molecule has 0 radical (unpaired) electrons. The van der Waals surface area contributed by atoms with Gasteiger partial charge in [0.15, 0.2) is 12.4 Å². The highest BCUT2D eigenvalue weighted by Crippen LogP contribution is 2.69. The average molecular weight is 448 g/mol. The first-order chi connectivity index (χ1) is 14.8. The molecule has 0 saturated heterocycles. The molecule has 164 valence electrons. The van der Waals surface area contributed by atoms with Gasteiger partial charge in [-0.3, -0.25) is 9.59 Å². The number of hydrogen-bond donors (Lipinski definition) is 1. The highest BCUT2D eigenvalue weighted by Gasteiger charge is 2.68. The highest BCUT2D eigenvalue weighted by molar-refractivity contribution is 6.30. The Bertz CT molecular complexity index is 999. The predicted octanol–water partition coefficient (Wildman–Crippen LogP) is 4.19. The topological polar surface area (TPSA) is 73.9 Å². The first-order valence-corrected chi connectivity index (χ1v) is 10.3. The first-order valence-electron chi connectivity index (χ1n) is 9.91. The summed E-state index contributed by atoms with van der Waals surface area (Å²) in [6.07, 6.45) is 2.69. The molecule has 2 aromatic rings. The van der Waals surface area contributed by atoms with Crippen LogP contribution in [0.5, 0.6) is 17.2 Å². The Balaban J connectivity index is 1.27. The molecule has 0 unspecified atom stereocenters. The number of carbonyl (C=O) groups excluding carboxylic acids is 2. The quantitative estimate of drug-likeness (QED) is 0.583. The summed E-state index contributed by atoms with van der Waals surface area (Å²) in [6.45, 7) is -0.210. The number of amides is 1. The van der Waals surface area contributed by atoms with E-state index in [4.69, 9.17) is 25.8 Å². The zero-order valence-electron chi connectivity index (χ0n) is 17.3. The number of hydrogen-bond acceptors (Lipinski definition) is 5. The van der Waals surface area contributed by atoms with Crippen LogP contribution in [0.3, 0.4) is 0 Å². The smallest absolute Gasteiger partial charge is 0.258 e. The molecule has 5 rings (SSSR count). The molecule has 0 aliphatic heterocycles. The lowest BCUT2D eigenvalue weighted by Gasteiger charge is -2.70. The molecule has 3 aliphatic rings. The summed E-state index contributed by atoms with van der Waals surface area (Å²) in [6, 6.07) is 9.18. The van der Waals surface area contributed by atoms with Crippen molar-refractivity contribution < 1.29 is 28.2 Å². The standard InChI is InChI=1S/C23H23ClFNO5/c1-29-16-5-14(6-17(7-16)30-2)20(27)9-22-11-23(12-22,13-22)26-21(28)10-31-15-3-4-18(24)19(25)8-15/h3-8H,9-13H2,1-2H3,(H,26,28). The monoisotopic (exact) mass is 447 g/mol. The molecule has 1 amide bonds. The van der Waals surface area contributed by atoms with Gasteiger partial charge in [-0.2, -0.15) is 0 Å². The van der Waals surface area contributed by atoms with E-state index in [2.05, 4.69) is 5.32 Å². The van der Waals surface area contributed by atoms with Gasteiger partial charge in [0, 0.05) is 29.7 Å². The molecule has 31 heavy (non-hydrogen) atoms. The largest absolute Gasteiger partial charge is 0.497 e. The van der Waals surface area contributed by atoms with Crippen molar-refractivity contribution in [1.82, 2.24) is 5.32 Å². The summed E-state index contributed by atoms with van der Waals surface area (Å²) in [5, 5.41) is 2.99.